The van der Waals surface area contributed by atoms with Gasteiger partial charge in [-0.15, -0.1) is 11.3 Å². The van der Waals surface area contributed by atoms with E-state index in [0.717, 1.165) is 6.04 Å². The van der Waals surface area contributed by atoms with Crippen molar-refractivity contribution in [2.75, 3.05) is 13.1 Å². The van der Waals surface area contributed by atoms with Crippen molar-refractivity contribution >= 4 is 11.3 Å². The van der Waals surface area contributed by atoms with Crippen molar-refractivity contribution in [3.63, 3.8) is 0 Å². The van der Waals surface area contributed by atoms with E-state index in [1.54, 1.807) is 0 Å². The minimum absolute atomic E-state index is 0.440. The molecule has 3 heteroatoms. The van der Waals surface area contributed by atoms with Gasteiger partial charge in [0.15, 0.2) is 0 Å². The number of nitrogens with zero attached hydrogens (tertiary/aromatic N) is 1. The molecular weight excluding hydrogens is 264 g/mol. The highest BCUT2D eigenvalue weighted by atomic mass is 32.1. The van der Waals surface area contributed by atoms with Crippen LogP contribution in [0.5, 0.6) is 0 Å². The zero-order valence-corrected chi connectivity index (χ0v) is 13.7. The molecule has 2 atom stereocenters. The lowest BCUT2D eigenvalue weighted by Crippen LogP contribution is -2.65. The van der Waals surface area contributed by atoms with Crippen molar-refractivity contribution in [2.24, 2.45) is 0 Å². The van der Waals surface area contributed by atoms with Crippen molar-refractivity contribution < 1.29 is 0 Å². The van der Waals surface area contributed by atoms with Crippen LogP contribution in [0, 0.1) is 0 Å². The molecule has 1 aromatic heterocycles. The van der Waals surface area contributed by atoms with E-state index in [4.69, 9.17) is 0 Å². The smallest absolute Gasteiger partial charge is 0.0309 e. The molecule has 3 rings (SSSR count). The van der Waals surface area contributed by atoms with E-state index in [9.17, 15) is 0 Å². The van der Waals surface area contributed by atoms with Gasteiger partial charge in [0.25, 0.3) is 0 Å². The summed E-state index contributed by atoms with van der Waals surface area (Å²) in [5.74, 6) is 0. The summed E-state index contributed by atoms with van der Waals surface area (Å²) in [6.07, 6.45) is 8.06. The van der Waals surface area contributed by atoms with Crippen LogP contribution in [0.25, 0.3) is 0 Å². The lowest BCUT2D eigenvalue weighted by atomic mass is 9.90. The minimum atomic E-state index is 0.440. The molecule has 0 amide bonds. The molecule has 2 aliphatic rings. The third-order valence-corrected chi connectivity index (χ3v) is 6.24. The predicted octanol–water partition coefficient (Wildman–Crippen LogP) is 3.68. The van der Waals surface area contributed by atoms with Gasteiger partial charge in [-0.1, -0.05) is 25.8 Å². The summed E-state index contributed by atoms with van der Waals surface area (Å²) < 4.78 is 0. The van der Waals surface area contributed by atoms with Crippen LogP contribution in [0.3, 0.4) is 0 Å². The summed E-state index contributed by atoms with van der Waals surface area (Å²) in [5, 5.41) is 6.10. The molecule has 2 fully saturated rings. The molecule has 0 radical (unpaired) electrons. The van der Waals surface area contributed by atoms with E-state index < -0.39 is 0 Å². The average Bonchev–Trinajstić information content (AvgIpc) is 3.11. The summed E-state index contributed by atoms with van der Waals surface area (Å²) >= 11 is 1.91. The maximum Gasteiger partial charge on any atom is 0.0309 e. The first-order valence-electron chi connectivity index (χ1n) is 8.25. The second-order valence-corrected chi connectivity index (χ2v) is 7.77. The number of hydrogen-bond donors (Lipinski definition) is 1. The second-order valence-electron chi connectivity index (χ2n) is 6.74. The van der Waals surface area contributed by atoms with Crippen LogP contribution in [-0.4, -0.2) is 35.6 Å². The van der Waals surface area contributed by atoms with Crippen LogP contribution in [-0.2, 0) is 6.42 Å². The fraction of sp³-hybridized carbons (Fsp3) is 0.765. The molecule has 2 unspecified atom stereocenters. The van der Waals surface area contributed by atoms with E-state index in [1.807, 2.05) is 11.3 Å². The molecule has 1 saturated heterocycles. The maximum absolute atomic E-state index is 3.90. The quantitative estimate of drug-likeness (QED) is 0.911. The first-order valence-corrected chi connectivity index (χ1v) is 9.13. The van der Waals surface area contributed by atoms with Gasteiger partial charge in [-0.25, -0.2) is 0 Å². The van der Waals surface area contributed by atoms with Crippen molar-refractivity contribution in [2.45, 2.75) is 70.0 Å². The molecule has 2 heterocycles. The fourth-order valence-corrected chi connectivity index (χ4v) is 4.93. The van der Waals surface area contributed by atoms with E-state index in [2.05, 4.69) is 41.6 Å². The van der Waals surface area contributed by atoms with Crippen molar-refractivity contribution in [1.29, 1.82) is 0 Å². The predicted molar refractivity (Wildman–Crippen MR) is 87.5 cm³/mol. The highest BCUT2D eigenvalue weighted by Crippen LogP contribution is 2.34. The van der Waals surface area contributed by atoms with Gasteiger partial charge in [-0.3, -0.25) is 4.90 Å². The molecule has 2 nitrogen and oxygen atoms in total. The van der Waals surface area contributed by atoms with E-state index >= 15 is 0 Å². The third kappa shape index (κ3) is 2.95. The van der Waals surface area contributed by atoms with Gasteiger partial charge < -0.3 is 5.32 Å². The van der Waals surface area contributed by atoms with E-state index in [0.29, 0.717) is 11.6 Å². The number of thiophene rings is 1. The Labute approximate surface area is 127 Å². The van der Waals surface area contributed by atoms with Crippen LogP contribution < -0.4 is 5.32 Å². The SMILES string of the molecule is CCC1CNC2(CCCC2)CN1C(C)Cc1cccs1. The number of piperazine rings is 1. The monoisotopic (exact) mass is 292 g/mol. The van der Waals surface area contributed by atoms with Gasteiger partial charge in [-0.2, -0.15) is 0 Å². The fourth-order valence-electron chi connectivity index (χ4n) is 4.10. The average molecular weight is 292 g/mol. The molecule has 1 spiro atoms. The third-order valence-electron chi connectivity index (χ3n) is 5.34. The van der Waals surface area contributed by atoms with Crippen molar-refractivity contribution in [3.8, 4) is 0 Å². The summed E-state index contributed by atoms with van der Waals surface area (Å²) in [5.41, 5.74) is 0.440. The van der Waals surface area contributed by atoms with Gasteiger partial charge in [0.2, 0.25) is 0 Å². The molecule has 0 bridgehead atoms. The van der Waals surface area contributed by atoms with Crippen LogP contribution in [0.15, 0.2) is 17.5 Å². The van der Waals surface area contributed by atoms with Gasteiger partial charge in [-0.05, 0) is 44.1 Å². The van der Waals surface area contributed by atoms with Crippen LogP contribution in [0.4, 0.5) is 0 Å². The zero-order valence-electron chi connectivity index (χ0n) is 12.9. The molecule has 1 aromatic rings. The Bertz CT molecular complexity index is 409. The van der Waals surface area contributed by atoms with Crippen molar-refractivity contribution in [3.05, 3.63) is 22.4 Å². The number of nitrogens with one attached hydrogen (secondary N) is 1. The normalized spacial score (nSPS) is 28.0. The summed E-state index contributed by atoms with van der Waals surface area (Å²) in [6, 6.07) is 5.85. The number of rotatable bonds is 4. The lowest BCUT2D eigenvalue weighted by Gasteiger charge is -2.48. The Balaban J connectivity index is 1.69. The molecule has 1 N–H and O–H groups in total. The van der Waals surface area contributed by atoms with Gasteiger partial charge in [0.05, 0.1) is 0 Å². The van der Waals surface area contributed by atoms with Crippen molar-refractivity contribution in [1.82, 2.24) is 10.2 Å². The topological polar surface area (TPSA) is 15.3 Å². The van der Waals surface area contributed by atoms with E-state index in [-0.39, 0.29) is 0 Å². The molecule has 1 saturated carbocycles. The highest BCUT2D eigenvalue weighted by Gasteiger charge is 2.41. The molecule has 1 aliphatic carbocycles. The summed E-state index contributed by atoms with van der Waals surface area (Å²) in [6.45, 7) is 7.21. The standard InChI is InChI=1S/C17H28N2S/c1-3-15-12-18-17(8-4-5-9-17)13-19(15)14(2)11-16-7-6-10-20-16/h6-7,10,14-15,18H,3-5,8-9,11-13H2,1-2H3. The molecular formula is C17H28N2S. The minimum Gasteiger partial charge on any atom is -0.308 e. The zero-order chi connectivity index (χ0) is 14.0. The Kier molecular flexibility index (Phi) is 4.49. The number of hydrogen-bond acceptors (Lipinski definition) is 3. The summed E-state index contributed by atoms with van der Waals surface area (Å²) in [4.78, 5) is 4.34. The maximum atomic E-state index is 3.90. The Morgan fingerprint density at radius 3 is 2.90 bits per heavy atom. The Hall–Kier alpha value is -0.380. The first-order chi connectivity index (χ1) is 9.72. The molecule has 1 aliphatic heterocycles. The molecule has 112 valence electrons. The molecule has 20 heavy (non-hydrogen) atoms. The molecule has 0 aromatic carbocycles. The first kappa shape index (κ1) is 14.6. The summed E-state index contributed by atoms with van der Waals surface area (Å²) in [7, 11) is 0. The Morgan fingerprint density at radius 1 is 1.45 bits per heavy atom. The Morgan fingerprint density at radius 2 is 2.25 bits per heavy atom. The highest BCUT2D eigenvalue weighted by molar-refractivity contribution is 7.09. The van der Waals surface area contributed by atoms with Gasteiger partial charge >= 0.3 is 0 Å². The largest absolute Gasteiger partial charge is 0.308 e. The van der Waals surface area contributed by atoms with Crippen LogP contribution in [0.2, 0.25) is 0 Å². The lowest BCUT2D eigenvalue weighted by molar-refractivity contribution is 0.0470. The van der Waals surface area contributed by atoms with Crippen LogP contribution >= 0.6 is 11.3 Å². The van der Waals surface area contributed by atoms with Crippen LogP contribution in [0.1, 0.15) is 50.8 Å². The second kappa shape index (κ2) is 6.17. The van der Waals surface area contributed by atoms with Gasteiger partial charge in [0.1, 0.15) is 0 Å². The van der Waals surface area contributed by atoms with Gasteiger partial charge in [0, 0.05) is 35.6 Å². The van der Waals surface area contributed by atoms with E-state index in [1.165, 1.54) is 56.5 Å².